The summed E-state index contributed by atoms with van der Waals surface area (Å²) < 4.78 is 68.4. The molecule has 0 aromatic heterocycles. The molecule has 0 aliphatic heterocycles. The van der Waals surface area contributed by atoms with Gasteiger partial charge in [-0.25, -0.2) is 9.13 Å². The summed E-state index contributed by atoms with van der Waals surface area (Å²) in [6, 6.07) is 0. The van der Waals surface area contributed by atoms with E-state index < -0.39 is 97.5 Å². The average Bonchev–Trinajstić information content (AvgIpc) is 2.15. The van der Waals surface area contributed by atoms with Crippen LogP contribution in [0.25, 0.3) is 0 Å². The molecule has 552 valence electrons. The molecule has 0 saturated heterocycles. The van der Waals surface area contributed by atoms with E-state index in [4.69, 9.17) is 37.0 Å². The van der Waals surface area contributed by atoms with Gasteiger partial charge in [-0.1, -0.05) is 336 Å². The van der Waals surface area contributed by atoms with Gasteiger partial charge in [-0.2, -0.15) is 0 Å². The number of ether oxygens (including phenoxy) is 4. The second-order valence-electron chi connectivity index (χ2n) is 26.9. The van der Waals surface area contributed by atoms with Crippen LogP contribution in [0.2, 0.25) is 0 Å². The maximum absolute atomic E-state index is 13.1. The van der Waals surface area contributed by atoms with Gasteiger partial charge in [0.05, 0.1) is 26.4 Å². The van der Waals surface area contributed by atoms with Gasteiger partial charge < -0.3 is 33.8 Å². The van der Waals surface area contributed by atoms with Gasteiger partial charge in [0, 0.05) is 25.7 Å². The van der Waals surface area contributed by atoms with Gasteiger partial charge in [0.15, 0.2) is 12.2 Å². The SMILES string of the molecule is CCCCCCCCCCCCCCCCCCCCC(=O)O[C@H](COC(=O)CCCCCCCCCCCCCCCC)COP(=O)(O)OC[C@@H](O)COP(=O)(O)OC[C@@H](COC(=O)CCCCCCCCCCC)OC(=O)CCCCCCCCCCC(C)CC. The predicted octanol–water partition coefficient (Wildman–Crippen LogP) is 21.7. The van der Waals surface area contributed by atoms with Gasteiger partial charge in [-0.05, 0) is 31.6 Å². The Balaban J connectivity index is 5.23. The molecule has 93 heavy (non-hydrogen) atoms. The standard InChI is InChI=1S/C74H144O17P2/c1-6-10-13-16-19-22-24-26-28-29-30-31-33-35-38-44-49-54-59-73(78)90-69(64-85-72(77)58-53-48-43-37-34-32-27-25-23-20-17-14-11-7-2)65-88-92(80,81)86-61-68(75)62-87-93(82,83)89-66-70(63-84-71(76)57-52-47-42-36-21-18-15-12-8-3)91-74(79)60-55-50-45-40-39-41-46-51-56-67(5)9-4/h67-70,75H,6-66H2,1-5H3,(H,80,81)(H,82,83)/t67?,68-,69-,70-/m1/s1. The lowest BCUT2D eigenvalue weighted by Gasteiger charge is -2.21. The minimum atomic E-state index is -4.95. The van der Waals surface area contributed by atoms with Crippen LogP contribution in [0.1, 0.15) is 388 Å². The molecular formula is C74H144O17P2. The highest BCUT2D eigenvalue weighted by Crippen LogP contribution is 2.45. The maximum atomic E-state index is 13.1. The summed E-state index contributed by atoms with van der Waals surface area (Å²) in [6.45, 7) is 7.26. The molecule has 0 rings (SSSR count). The summed E-state index contributed by atoms with van der Waals surface area (Å²) in [5, 5.41) is 10.6. The first-order chi connectivity index (χ1) is 45.1. The molecule has 0 saturated carbocycles. The molecule has 0 aromatic rings. The van der Waals surface area contributed by atoms with E-state index in [1.807, 2.05) is 0 Å². The Morgan fingerprint density at radius 2 is 0.516 bits per heavy atom. The predicted molar refractivity (Wildman–Crippen MR) is 377 cm³/mol. The lowest BCUT2D eigenvalue weighted by Crippen LogP contribution is -2.30. The maximum Gasteiger partial charge on any atom is 0.472 e. The minimum Gasteiger partial charge on any atom is -0.462 e. The Hall–Kier alpha value is -1.94. The van der Waals surface area contributed by atoms with Crippen LogP contribution in [0.15, 0.2) is 0 Å². The molecule has 0 bridgehead atoms. The van der Waals surface area contributed by atoms with Gasteiger partial charge in [0.2, 0.25) is 0 Å². The Bertz CT molecular complexity index is 1790. The van der Waals surface area contributed by atoms with Gasteiger partial charge in [-0.3, -0.25) is 37.3 Å². The van der Waals surface area contributed by atoms with Crippen molar-refractivity contribution in [2.24, 2.45) is 5.92 Å². The average molecular weight is 1370 g/mol. The van der Waals surface area contributed by atoms with Crippen LogP contribution in [-0.2, 0) is 65.4 Å². The number of phosphoric ester groups is 2. The van der Waals surface area contributed by atoms with Gasteiger partial charge >= 0.3 is 39.5 Å². The molecule has 0 radical (unpaired) electrons. The molecule has 0 aliphatic carbocycles. The third-order valence-electron chi connectivity index (χ3n) is 17.6. The third kappa shape index (κ3) is 67.0. The second kappa shape index (κ2) is 67.3. The number of phosphoric acid groups is 2. The summed E-state index contributed by atoms with van der Waals surface area (Å²) in [6.07, 6.45) is 55.4. The molecule has 0 aromatic carbocycles. The number of aliphatic hydroxyl groups excluding tert-OH is 1. The Kier molecular flexibility index (Phi) is 65.9. The van der Waals surface area contributed by atoms with E-state index in [1.54, 1.807) is 0 Å². The summed E-state index contributed by atoms with van der Waals surface area (Å²) in [4.78, 5) is 72.7. The van der Waals surface area contributed by atoms with Gasteiger partial charge in [-0.15, -0.1) is 0 Å². The van der Waals surface area contributed by atoms with E-state index in [2.05, 4.69) is 34.6 Å². The summed E-state index contributed by atoms with van der Waals surface area (Å²) in [5.41, 5.74) is 0. The van der Waals surface area contributed by atoms with Crippen LogP contribution in [0.5, 0.6) is 0 Å². The summed E-state index contributed by atoms with van der Waals surface area (Å²) >= 11 is 0. The van der Waals surface area contributed by atoms with Crippen molar-refractivity contribution in [2.45, 2.75) is 406 Å². The Morgan fingerprint density at radius 3 is 0.763 bits per heavy atom. The first kappa shape index (κ1) is 91.1. The van der Waals surface area contributed by atoms with Crippen LogP contribution in [-0.4, -0.2) is 96.7 Å². The number of carbonyl (C=O) groups is 4. The van der Waals surface area contributed by atoms with E-state index in [1.165, 1.54) is 212 Å². The quantitative estimate of drug-likeness (QED) is 0.0222. The van der Waals surface area contributed by atoms with Crippen molar-refractivity contribution >= 4 is 39.5 Å². The van der Waals surface area contributed by atoms with Crippen LogP contribution < -0.4 is 0 Å². The van der Waals surface area contributed by atoms with Gasteiger partial charge in [0.1, 0.15) is 19.3 Å². The summed E-state index contributed by atoms with van der Waals surface area (Å²) in [7, 11) is -9.90. The van der Waals surface area contributed by atoms with Crippen LogP contribution in [0.4, 0.5) is 0 Å². The molecule has 3 unspecified atom stereocenters. The number of esters is 4. The smallest absolute Gasteiger partial charge is 0.462 e. The lowest BCUT2D eigenvalue weighted by molar-refractivity contribution is -0.161. The zero-order chi connectivity index (χ0) is 68.4. The number of rotatable bonds is 74. The fourth-order valence-corrected chi connectivity index (χ4v) is 12.9. The fourth-order valence-electron chi connectivity index (χ4n) is 11.3. The highest BCUT2D eigenvalue weighted by molar-refractivity contribution is 7.47. The number of unbranched alkanes of at least 4 members (excludes halogenated alkanes) is 45. The minimum absolute atomic E-state index is 0.105. The number of aliphatic hydroxyl groups is 1. The highest BCUT2D eigenvalue weighted by atomic mass is 31.2. The number of hydrogen-bond acceptors (Lipinski definition) is 15. The molecule has 0 amide bonds. The van der Waals surface area contributed by atoms with Crippen molar-refractivity contribution in [3.8, 4) is 0 Å². The lowest BCUT2D eigenvalue weighted by atomic mass is 9.99. The second-order valence-corrected chi connectivity index (χ2v) is 29.8. The van der Waals surface area contributed by atoms with Crippen LogP contribution in [0, 0.1) is 5.92 Å². The number of carbonyl (C=O) groups excluding carboxylic acids is 4. The van der Waals surface area contributed by atoms with Crippen molar-refractivity contribution in [1.82, 2.24) is 0 Å². The molecule has 0 heterocycles. The fraction of sp³-hybridized carbons (Fsp3) is 0.946. The van der Waals surface area contributed by atoms with E-state index in [0.717, 1.165) is 95.8 Å². The summed E-state index contributed by atoms with van der Waals surface area (Å²) in [5.74, 6) is -1.35. The molecule has 6 atom stereocenters. The van der Waals surface area contributed by atoms with Crippen molar-refractivity contribution < 1.29 is 80.2 Å². The van der Waals surface area contributed by atoms with Crippen molar-refractivity contribution in [1.29, 1.82) is 0 Å². The molecule has 0 spiro atoms. The van der Waals surface area contributed by atoms with Crippen molar-refractivity contribution in [3.63, 3.8) is 0 Å². The molecule has 17 nitrogen and oxygen atoms in total. The van der Waals surface area contributed by atoms with E-state index >= 15 is 0 Å². The van der Waals surface area contributed by atoms with Gasteiger partial charge in [0.25, 0.3) is 0 Å². The first-order valence-corrected chi connectivity index (χ1v) is 41.7. The zero-order valence-electron chi connectivity index (χ0n) is 60.4. The first-order valence-electron chi connectivity index (χ1n) is 38.7. The molecular weight excluding hydrogens is 1220 g/mol. The topological polar surface area (TPSA) is 237 Å². The Labute approximate surface area is 568 Å². The monoisotopic (exact) mass is 1370 g/mol. The molecule has 19 heteroatoms. The normalized spacial score (nSPS) is 14.3. The zero-order valence-corrected chi connectivity index (χ0v) is 62.2. The van der Waals surface area contributed by atoms with Crippen LogP contribution in [0.3, 0.4) is 0 Å². The van der Waals surface area contributed by atoms with Crippen molar-refractivity contribution in [2.75, 3.05) is 39.6 Å². The molecule has 0 fully saturated rings. The Morgan fingerprint density at radius 1 is 0.301 bits per heavy atom. The van der Waals surface area contributed by atoms with E-state index in [9.17, 15) is 43.2 Å². The third-order valence-corrected chi connectivity index (χ3v) is 19.5. The van der Waals surface area contributed by atoms with Crippen molar-refractivity contribution in [3.05, 3.63) is 0 Å². The van der Waals surface area contributed by atoms with E-state index in [-0.39, 0.29) is 25.7 Å². The molecule has 0 aliphatic rings. The molecule has 3 N–H and O–H groups in total. The van der Waals surface area contributed by atoms with Crippen LogP contribution >= 0.6 is 15.6 Å². The largest absolute Gasteiger partial charge is 0.472 e. The highest BCUT2D eigenvalue weighted by Gasteiger charge is 2.30. The van der Waals surface area contributed by atoms with E-state index in [0.29, 0.717) is 25.7 Å². The number of hydrogen-bond donors (Lipinski definition) is 3.